The number of aryl methyl sites for hydroxylation is 2. The van der Waals surface area contributed by atoms with E-state index in [1.807, 2.05) is 24.0 Å². The Labute approximate surface area is 119 Å². The van der Waals surface area contributed by atoms with Gasteiger partial charge in [-0.05, 0) is 50.1 Å². The average molecular weight is 272 g/mol. The van der Waals surface area contributed by atoms with Gasteiger partial charge in [0.05, 0.1) is 0 Å². The molecule has 0 spiro atoms. The normalized spacial score (nSPS) is 10.5. The van der Waals surface area contributed by atoms with E-state index < -0.39 is 0 Å². The molecular formula is C16H20N2S. The second-order valence-corrected chi connectivity index (χ2v) is 5.62. The van der Waals surface area contributed by atoms with E-state index in [-0.39, 0.29) is 0 Å². The molecule has 1 aromatic heterocycles. The third-order valence-electron chi connectivity index (χ3n) is 3.11. The summed E-state index contributed by atoms with van der Waals surface area (Å²) in [5.74, 6) is 1.94. The minimum absolute atomic E-state index is 0.901. The van der Waals surface area contributed by atoms with E-state index in [1.54, 1.807) is 0 Å². The number of thioether (sulfide) groups is 1. The van der Waals surface area contributed by atoms with Gasteiger partial charge in [-0.2, -0.15) is 0 Å². The first-order chi connectivity index (χ1) is 9.20. The number of aromatic nitrogens is 1. The SMILES string of the molecule is CCNc1ncccc1CSc1ccc(C)c(C)c1. The zero-order chi connectivity index (χ0) is 13.7. The number of nitrogens with one attached hydrogen (secondary N) is 1. The van der Waals surface area contributed by atoms with Crippen LogP contribution < -0.4 is 5.32 Å². The highest BCUT2D eigenvalue weighted by Gasteiger charge is 2.04. The molecule has 0 saturated heterocycles. The van der Waals surface area contributed by atoms with Gasteiger partial charge >= 0.3 is 0 Å². The van der Waals surface area contributed by atoms with E-state index in [0.717, 1.165) is 18.1 Å². The molecule has 2 nitrogen and oxygen atoms in total. The van der Waals surface area contributed by atoms with Gasteiger partial charge in [-0.15, -0.1) is 11.8 Å². The maximum Gasteiger partial charge on any atom is 0.129 e. The fourth-order valence-corrected chi connectivity index (χ4v) is 2.83. The van der Waals surface area contributed by atoms with Crippen molar-refractivity contribution in [2.75, 3.05) is 11.9 Å². The lowest BCUT2D eigenvalue weighted by atomic mass is 10.1. The topological polar surface area (TPSA) is 24.9 Å². The van der Waals surface area contributed by atoms with Crippen molar-refractivity contribution in [3.63, 3.8) is 0 Å². The monoisotopic (exact) mass is 272 g/mol. The molecule has 0 radical (unpaired) electrons. The highest BCUT2D eigenvalue weighted by atomic mass is 32.2. The molecule has 1 N–H and O–H groups in total. The van der Waals surface area contributed by atoms with Gasteiger partial charge < -0.3 is 5.32 Å². The summed E-state index contributed by atoms with van der Waals surface area (Å²) in [5.41, 5.74) is 3.95. The second-order valence-electron chi connectivity index (χ2n) is 4.58. The molecule has 0 aliphatic heterocycles. The number of benzene rings is 1. The molecule has 0 saturated carbocycles. The van der Waals surface area contributed by atoms with Gasteiger partial charge in [0.1, 0.15) is 5.82 Å². The predicted molar refractivity (Wildman–Crippen MR) is 83.9 cm³/mol. The van der Waals surface area contributed by atoms with Crippen LogP contribution in [0.3, 0.4) is 0 Å². The summed E-state index contributed by atoms with van der Waals surface area (Å²) in [7, 11) is 0. The van der Waals surface area contributed by atoms with Crippen LogP contribution in [0.1, 0.15) is 23.6 Å². The summed E-state index contributed by atoms with van der Waals surface area (Å²) < 4.78 is 0. The molecule has 1 aromatic carbocycles. The Morgan fingerprint density at radius 1 is 1.16 bits per heavy atom. The maximum absolute atomic E-state index is 4.39. The Morgan fingerprint density at radius 3 is 2.74 bits per heavy atom. The number of hydrogen-bond donors (Lipinski definition) is 1. The summed E-state index contributed by atoms with van der Waals surface area (Å²) in [4.78, 5) is 5.70. The van der Waals surface area contributed by atoms with Crippen LogP contribution in [0.2, 0.25) is 0 Å². The Morgan fingerprint density at radius 2 is 2.00 bits per heavy atom. The van der Waals surface area contributed by atoms with Crippen molar-refractivity contribution < 1.29 is 0 Å². The molecule has 0 aliphatic carbocycles. The molecule has 2 aromatic rings. The zero-order valence-electron chi connectivity index (χ0n) is 11.7. The molecule has 100 valence electrons. The molecule has 0 amide bonds. The summed E-state index contributed by atoms with van der Waals surface area (Å²) in [6.07, 6.45) is 1.84. The first kappa shape index (κ1) is 13.9. The van der Waals surface area contributed by atoms with E-state index in [0.29, 0.717) is 0 Å². The van der Waals surface area contributed by atoms with Gasteiger partial charge in [-0.3, -0.25) is 0 Å². The lowest BCUT2D eigenvalue weighted by molar-refractivity contribution is 1.13. The van der Waals surface area contributed by atoms with Crippen LogP contribution in [0.5, 0.6) is 0 Å². The van der Waals surface area contributed by atoms with Crippen molar-refractivity contribution in [2.45, 2.75) is 31.4 Å². The summed E-state index contributed by atoms with van der Waals surface area (Å²) >= 11 is 1.86. The minimum atomic E-state index is 0.901. The highest BCUT2D eigenvalue weighted by Crippen LogP contribution is 2.27. The van der Waals surface area contributed by atoms with E-state index in [9.17, 15) is 0 Å². The van der Waals surface area contributed by atoms with Gasteiger partial charge in [0, 0.05) is 29.0 Å². The zero-order valence-corrected chi connectivity index (χ0v) is 12.6. The largest absolute Gasteiger partial charge is 0.370 e. The lowest BCUT2D eigenvalue weighted by Crippen LogP contribution is -2.02. The Bertz CT molecular complexity index is 552. The Kier molecular flexibility index (Phi) is 4.86. The number of pyridine rings is 1. The lowest BCUT2D eigenvalue weighted by Gasteiger charge is -2.09. The van der Waals surface area contributed by atoms with Crippen LogP contribution in [0.4, 0.5) is 5.82 Å². The van der Waals surface area contributed by atoms with Gasteiger partial charge in [0.2, 0.25) is 0 Å². The summed E-state index contributed by atoms with van der Waals surface area (Å²) in [6, 6.07) is 10.8. The molecule has 0 unspecified atom stereocenters. The van der Waals surface area contributed by atoms with Crippen molar-refractivity contribution in [1.29, 1.82) is 0 Å². The van der Waals surface area contributed by atoms with Crippen LogP contribution >= 0.6 is 11.8 Å². The molecule has 0 fully saturated rings. The fourth-order valence-electron chi connectivity index (χ4n) is 1.85. The van der Waals surface area contributed by atoms with Gasteiger partial charge in [0.15, 0.2) is 0 Å². The van der Waals surface area contributed by atoms with Crippen LogP contribution in [-0.4, -0.2) is 11.5 Å². The summed E-state index contributed by atoms with van der Waals surface area (Å²) in [5, 5.41) is 3.31. The molecule has 0 atom stereocenters. The van der Waals surface area contributed by atoms with Crippen LogP contribution in [-0.2, 0) is 5.75 Å². The van der Waals surface area contributed by atoms with E-state index in [4.69, 9.17) is 0 Å². The number of rotatable bonds is 5. The van der Waals surface area contributed by atoms with E-state index in [1.165, 1.54) is 21.6 Å². The predicted octanol–water partition coefficient (Wildman–Crippen LogP) is 4.42. The molecule has 19 heavy (non-hydrogen) atoms. The standard InChI is InChI=1S/C16H20N2S/c1-4-17-16-14(6-5-9-18-16)11-19-15-8-7-12(2)13(3)10-15/h5-10H,4,11H2,1-3H3,(H,17,18). The Balaban J connectivity index is 2.07. The highest BCUT2D eigenvalue weighted by molar-refractivity contribution is 7.98. The van der Waals surface area contributed by atoms with E-state index >= 15 is 0 Å². The van der Waals surface area contributed by atoms with Crippen molar-refractivity contribution in [3.05, 3.63) is 53.2 Å². The first-order valence-electron chi connectivity index (χ1n) is 6.58. The molecule has 0 bridgehead atoms. The summed E-state index contributed by atoms with van der Waals surface area (Å²) in [6.45, 7) is 7.30. The van der Waals surface area contributed by atoms with Gasteiger partial charge in [-0.25, -0.2) is 4.98 Å². The van der Waals surface area contributed by atoms with Crippen LogP contribution in [0, 0.1) is 13.8 Å². The van der Waals surface area contributed by atoms with Crippen molar-refractivity contribution in [1.82, 2.24) is 4.98 Å². The fraction of sp³-hybridized carbons (Fsp3) is 0.312. The molecule has 1 heterocycles. The first-order valence-corrected chi connectivity index (χ1v) is 7.57. The molecule has 3 heteroatoms. The van der Waals surface area contributed by atoms with Crippen molar-refractivity contribution in [3.8, 4) is 0 Å². The number of hydrogen-bond acceptors (Lipinski definition) is 3. The van der Waals surface area contributed by atoms with Gasteiger partial charge in [-0.1, -0.05) is 12.1 Å². The molecular weight excluding hydrogens is 252 g/mol. The number of anilines is 1. The maximum atomic E-state index is 4.39. The second kappa shape index (κ2) is 6.62. The van der Waals surface area contributed by atoms with Crippen molar-refractivity contribution in [2.24, 2.45) is 0 Å². The molecule has 0 aliphatic rings. The van der Waals surface area contributed by atoms with Crippen LogP contribution in [0.25, 0.3) is 0 Å². The third kappa shape index (κ3) is 3.74. The smallest absolute Gasteiger partial charge is 0.129 e. The molecule has 2 rings (SSSR count). The van der Waals surface area contributed by atoms with Gasteiger partial charge in [0.25, 0.3) is 0 Å². The minimum Gasteiger partial charge on any atom is -0.370 e. The van der Waals surface area contributed by atoms with Crippen molar-refractivity contribution >= 4 is 17.6 Å². The van der Waals surface area contributed by atoms with Crippen LogP contribution in [0.15, 0.2) is 41.4 Å². The average Bonchev–Trinajstić information content (AvgIpc) is 2.42. The van der Waals surface area contributed by atoms with E-state index in [2.05, 4.69) is 55.3 Å². The Hall–Kier alpha value is -1.48. The third-order valence-corrected chi connectivity index (χ3v) is 4.15. The number of nitrogens with zero attached hydrogens (tertiary/aromatic N) is 1. The quantitative estimate of drug-likeness (QED) is 0.815.